The summed E-state index contributed by atoms with van der Waals surface area (Å²) < 4.78 is 6.21. The molecule has 4 rings (SSSR count). The van der Waals surface area contributed by atoms with E-state index >= 15 is 0 Å². The minimum atomic E-state index is -0.0308. The molecule has 2 saturated heterocycles. The second-order valence-electron chi connectivity index (χ2n) is 8.99. The first-order valence-electron chi connectivity index (χ1n) is 11.3. The van der Waals surface area contributed by atoms with Crippen LogP contribution in [0.5, 0.6) is 5.75 Å². The third-order valence-electron chi connectivity index (χ3n) is 6.86. The van der Waals surface area contributed by atoms with E-state index < -0.39 is 0 Å². The predicted molar refractivity (Wildman–Crippen MR) is 117 cm³/mol. The normalized spacial score (nSPS) is 23.4. The van der Waals surface area contributed by atoms with Gasteiger partial charge in [-0.15, -0.1) is 0 Å². The maximum Gasteiger partial charge on any atom is 0.251 e. The Labute approximate surface area is 179 Å². The zero-order chi connectivity index (χ0) is 20.2. The first-order valence-corrected chi connectivity index (χ1v) is 11.7. The summed E-state index contributed by atoms with van der Waals surface area (Å²) in [4.78, 5) is 17.5. The summed E-state index contributed by atoms with van der Waals surface area (Å²) in [5, 5.41) is 3.64. The number of hydrogen-bond acceptors (Lipinski definition) is 4. The Morgan fingerprint density at radius 3 is 2.38 bits per heavy atom. The van der Waals surface area contributed by atoms with Crippen molar-refractivity contribution in [2.24, 2.45) is 0 Å². The lowest BCUT2D eigenvalue weighted by molar-refractivity contribution is 0.0526. The van der Waals surface area contributed by atoms with Crippen molar-refractivity contribution < 1.29 is 9.53 Å². The first kappa shape index (κ1) is 21.0. The van der Waals surface area contributed by atoms with Crippen LogP contribution in [0.1, 0.15) is 61.7 Å². The Morgan fingerprint density at radius 1 is 1.03 bits per heavy atom. The summed E-state index contributed by atoms with van der Waals surface area (Å²) >= 11 is 6.45. The molecule has 1 amide bonds. The molecule has 29 heavy (non-hydrogen) atoms. The number of nitrogens with zero attached hydrogens (tertiary/aromatic N) is 2. The van der Waals surface area contributed by atoms with Crippen LogP contribution in [-0.4, -0.2) is 67.1 Å². The monoisotopic (exact) mass is 419 g/mol. The smallest absolute Gasteiger partial charge is 0.251 e. The summed E-state index contributed by atoms with van der Waals surface area (Å²) in [5.74, 6) is 0.665. The summed E-state index contributed by atoms with van der Waals surface area (Å²) in [6.07, 6.45) is 9.39. The molecule has 2 heterocycles. The third kappa shape index (κ3) is 5.44. The second kappa shape index (κ2) is 9.67. The van der Waals surface area contributed by atoms with Gasteiger partial charge in [0.1, 0.15) is 11.9 Å². The molecule has 3 aliphatic rings. The molecule has 0 aromatic heterocycles. The fraction of sp³-hybridized carbons (Fsp3) is 0.696. The van der Waals surface area contributed by atoms with Crippen molar-refractivity contribution in [3.63, 3.8) is 0 Å². The average Bonchev–Trinajstić information content (AvgIpc) is 3.24. The number of benzene rings is 1. The molecule has 3 fully saturated rings. The number of hydrogen-bond donors (Lipinski definition) is 1. The molecule has 0 spiro atoms. The van der Waals surface area contributed by atoms with Crippen molar-refractivity contribution in [3.05, 3.63) is 28.8 Å². The van der Waals surface area contributed by atoms with Crippen molar-refractivity contribution in [2.45, 2.75) is 69.6 Å². The fourth-order valence-electron chi connectivity index (χ4n) is 4.97. The molecule has 1 aromatic carbocycles. The third-order valence-corrected chi connectivity index (χ3v) is 7.15. The standard InChI is InChI=1S/C23H34ClN3O2/c1-26-12-8-19(9-13-26)27-14-10-20(11-15-27)29-22-7-6-17(16-21(22)24)23(28)25-18-4-2-3-5-18/h6-7,16,18-20H,2-5,8-15H2,1H3,(H,25,28). The van der Waals surface area contributed by atoms with Gasteiger partial charge in [0.25, 0.3) is 5.91 Å². The van der Waals surface area contributed by atoms with Gasteiger partial charge < -0.3 is 19.9 Å². The topological polar surface area (TPSA) is 44.8 Å². The predicted octanol–water partition coefficient (Wildman–Crippen LogP) is 3.95. The van der Waals surface area contributed by atoms with Crippen LogP contribution in [0.2, 0.25) is 5.02 Å². The molecule has 0 radical (unpaired) electrons. The van der Waals surface area contributed by atoms with Crippen LogP contribution in [0.3, 0.4) is 0 Å². The maximum absolute atomic E-state index is 12.4. The molecule has 0 atom stereocenters. The van der Waals surface area contributed by atoms with Crippen LogP contribution in [-0.2, 0) is 0 Å². The molecule has 1 saturated carbocycles. The number of nitrogens with one attached hydrogen (secondary N) is 1. The lowest BCUT2D eigenvalue weighted by Gasteiger charge is -2.41. The van der Waals surface area contributed by atoms with E-state index in [0.717, 1.165) is 44.8 Å². The van der Waals surface area contributed by atoms with Crippen molar-refractivity contribution >= 4 is 17.5 Å². The van der Waals surface area contributed by atoms with E-state index in [2.05, 4.69) is 22.2 Å². The van der Waals surface area contributed by atoms with Gasteiger partial charge in [0.2, 0.25) is 0 Å². The molecule has 2 aliphatic heterocycles. The molecule has 1 aliphatic carbocycles. The molecule has 1 aromatic rings. The van der Waals surface area contributed by atoms with Crippen LogP contribution >= 0.6 is 11.6 Å². The molecule has 6 heteroatoms. The van der Waals surface area contributed by atoms with Crippen LogP contribution in [0.4, 0.5) is 0 Å². The van der Waals surface area contributed by atoms with E-state index in [1.807, 2.05) is 12.1 Å². The second-order valence-corrected chi connectivity index (χ2v) is 9.39. The van der Waals surface area contributed by atoms with E-state index in [0.29, 0.717) is 22.4 Å². The van der Waals surface area contributed by atoms with Gasteiger partial charge in [-0.1, -0.05) is 24.4 Å². The lowest BCUT2D eigenvalue weighted by Crippen LogP contribution is -2.48. The summed E-state index contributed by atoms with van der Waals surface area (Å²) in [5.41, 5.74) is 0.617. The van der Waals surface area contributed by atoms with E-state index in [-0.39, 0.29) is 12.0 Å². The van der Waals surface area contributed by atoms with Crippen LogP contribution in [0, 0.1) is 0 Å². The van der Waals surface area contributed by atoms with E-state index in [1.165, 1.54) is 38.8 Å². The number of carbonyl (C=O) groups is 1. The number of halogens is 1. The fourth-order valence-corrected chi connectivity index (χ4v) is 5.20. The van der Waals surface area contributed by atoms with Gasteiger partial charge in [0, 0.05) is 30.7 Å². The van der Waals surface area contributed by atoms with Crippen LogP contribution in [0.25, 0.3) is 0 Å². The highest BCUT2D eigenvalue weighted by atomic mass is 35.5. The molecule has 160 valence electrons. The van der Waals surface area contributed by atoms with Gasteiger partial charge in [0.15, 0.2) is 0 Å². The van der Waals surface area contributed by atoms with Crippen LogP contribution < -0.4 is 10.1 Å². The van der Waals surface area contributed by atoms with E-state index in [9.17, 15) is 4.79 Å². The molecule has 0 bridgehead atoms. The number of piperidine rings is 2. The van der Waals surface area contributed by atoms with Gasteiger partial charge in [-0.3, -0.25) is 4.79 Å². The highest BCUT2D eigenvalue weighted by Crippen LogP contribution is 2.30. The van der Waals surface area contributed by atoms with Crippen molar-refractivity contribution in [1.82, 2.24) is 15.1 Å². The van der Waals surface area contributed by atoms with E-state index in [4.69, 9.17) is 16.3 Å². The minimum Gasteiger partial charge on any atom is -0.489 e. The minimum absolute atomic E-state index is 0.0308. The summed E-state index contributed by atoms with van der Waals surface area (Å²) in [6.45, 7) is 4.60. The number of carbonyl (C=O) groups excluding carboxylic acids is 1. The number of ether oxygens (including phenoxy) is 1. The molecular weight excluding hydrogens is 386 g/mol. The summed E-state index contributed by atoms with van der Waals surface area (Å²) in [6, 6.07) is 6.48. The Bertz CT molecular complexity index is 691. The number of rotatable bonds is 5. The largest absolute Gasteiger partial charge is 0.489 e. The van der Waals surface area contributed by atoms with Gasteiger partial charge in [0.05, 0.1) is 5.02 Å². The number of amides is 1. The SMILES string of the molecule is CN1CCC(N2CCC(Oc3ccc(C(=O)NC4CCCC4)cc3Cl)CC2)CC1. The zero-order valence-electron chi connectivity index (χ0n) is 17.5. The zero-order valence-corrected chi connectivity index (χ0v) is 18.3. The van der Waals surface area contributed by atoms with Crippen molar-refractivity contribution in [2.75, 3.05) is 33.2 Å². The molecule has 1 N–H and O–H groups in total. The highest BCUT2D eigenvalue weighted by molar-refractivity contribution is 6.32. The molecule has 0 unspecified atom stereocenters. The van der Waals surface area contributed by atoms with Gasteiger partial charge >= 0.3 is 0 Å². The Hall–Kier alpha value is -1.30. The van der Waals surface area contributed by atoms with Crippen molar-refractivity contribution in [1.29, 1.82) is 0 Å². The average molecular weight is 420 g/mol. The highest BCUT2D eigenvalue weighted by Gasteiger charge is 2.28. The Morgan fingerprint density at radius 2 is 1.72 bits per heavy atom. The number of likely N-dealkylation sites (tertiary alicyclic amines) is 2. The van der Waals surface area contributed by atoms with Crippen molar-refractivity contribution in [3.8, 4) is 5.75 Å². The van der Waals surface area contributed by atoms with Crippen LogP contribution in [0.15, 0.2) is 18.2 Å². The van der Waals surface area contributed by atoms with Gasteiger partial charge in [-0.25, -0.2) is 0 Å². The quantitative estimate of drug-likeness (QED) is 0.784. The Kier molecular flexibility index (Phi) is 6.99. The Balaban J connectivity index is 1.27. The molecule has 5 nitrogen and oxygen atoms in total. The lowest BCUT2D eigenvalue weighted by atomic mass is 9.99. The van der Waals surface area contributed by atoms with Gasteiger partial charge in [-0.05, 0) is 76.9 Å². The first-order chi connectivity index (χ1) is 14.1. The van der Waals surface area contributed by atoms with Gasteiger partial charge in [-0.2, -0.15) is 0 Å². The summed E-state index contributed by atoms with van der Waals surface area (Å²) in [7, 11) is 2.21. The van der Waals surface area contributed by atoms with E-state index in [1.54, 1.807) is 6.07 Å². The maximum atomic E-state index is 12.4. The molecular formula is C23H34ClN3O2.